The zero-order valence-electron chi connectivity index (χ0n) is 17.2. The van der Waals surface area contributed by atoms with Gasteiger partial charge in [-0.3, -0.25) is 4.90 Å². The summed E-state index contributed by atoms with van der Waals surface area (Å²) in [6.07, 6.45) is 0.768. The molecule has 1 spiro atoms. The van der Waals surface area contributed by atoms with Gasteiger partial charge in [0.05, 0.1) is 6.54 Å². The summed E-state index contributed by atoms with van der Waals surface area (Å²) in [6, 6.07) is 12.8. The molecule has 0 amide bonds. The van der Waals surface area contributed by atoms with Gasteiger partial charge in [-0.2, -0.15) is 4.31 Å². The van der Waals surface area contributed by atoms with Crippen molar-refractivity contribution in [2.45, 2.75) is 43.4 Å². The van der Waals surface area contributed by atoms with Gasteiger partial charge in [0, 0.05) is 32.1 Å². The highest BCUT2D eigenvalue weighted by Gasteiger charge is 2.48. The Morgan fingerprint density at radius 2 is 1.83 bits per heavy atom. The average Bonchev–Trinajstić information content (AvgIpc) is 3.31. The summed E-state index contributed by atoms with van der Waals surface area (Å²) in [6.45, 7) is 6.68. The first-order valence-corrected chi connectivity index (χ1v) is 11.7. The summed E-state index contributed by atoms with van der Waals surface area (Å²) >= 11 is 0. The minimum atomic E-state index is -3.61. The number of rotatable bonds is 3. The molecule has 1 saturated heterocycles. The Labute approximate surface area is 177 Å². The van der Waals surface area contributed by atoms with Crippen LogP contribution in [0.15, 0.2) is 47.4 Å². The largest absolute Gasteiger partial charge is 0.483 e. The van der Waals surface area contributed by atoms with Crippen molar-refractivity contribution >= 4 is 10.0 Å². The van der Waals surface area contributed by atoms with Gasteiger partial charge in [-0.05, 0) is 43.7 Å². The smallest absolute Gasteiger partial charge is 0.247 e. The van der Waals surface area contributed by atoms with Crippen LogP contribution in [0, 0.1) is 0 Å². The van der Waals surface area contributed by atoms with E-state index in [1.807, 2.05) is 38.1 Å². The fourth-order valence-corrected chi connectivity index (χ4v) is 6.37. The van der Waals surface area contributed by atoms with E-state index >= 15 is 0 Å². The highest BCUT2D eigenvalue weighted by Crippen LogP contribution is 2.40. The molecule has 0 N–H and O–H groups in total. The quantitative estimate of drug-likeness (QED) is 0.746. The van der Waals surface area contributed by atoms with Gasteiger partial charge in [0.25, 0.3) is 0 Å². The highest BCUT2D eigenvalue weighted by molar-refractivity contribution is 7.89. The van der Waals surface area contributed by atoms with Gasteiger partial charge in [0.1, 0.15) is 16.2 Å². The second kappa shape index (κ2) is 7.14. The van der Waals surface area contributed by atoms with Crippen LogP contribution >= 0.6 is 0 Å². The van der Waals surface area contributed by atoms with Crippen molar-refractivity contribution in [3.05, 3.63) is 48.0 Å². The molecule has 3 aliphatic rings. The molecule has 3 aliphatic heterocycles. The number of benzene rings is 2. The van der Waals surface area contributed by atoms with E-state index in [1.54, 1.807) is 22.5 Å². The zero-order valence-corrected chi connectivity index (χ0v) is 18.0. The molecular weight excluding hydrogens is 404 g/mol. The SMILES string of the molecule is CC(C)N1C[C@@]2(CCN(Cc3ccc4c(c3)OCO4)C2)Oc2ccccc2S1(=O)=O. The van der Waals surface area contributed by atoms with E-state index in [0.29, 0.717) is 18.8 Å². The number of hydrogen-bond donors (Lipinski definition) is 0. The van der Waals surface area contributed by atoms with Crippen molar-refractivity contribution in [3.63, 3.8) is 0 Å². The van der Waals surface area contributed by atoms with Crippen LogP contribution in [0.4, 0.5) is 0 Å². The molecular formula is C22H26N2O5S. The van der Waals surface area contributed by atoms with E-state index in [-0.39, 0.29) is 17.7 Å². The van der Waals surface area contributed by atoms with Gasteiger partial charge < -0.3 is 14.2 Å². The predicted octanol–water partition coefficient (Wildman–Crippen LogP) is 2.85. The van der Waals surface area contributed by atoms with Crippen LogP contribution in [0.2, 0.25) is 0 Å². The highest BCUT2D eigenvalue weighted by atomic mass is 32.2. The molecule has 7 nitrogen and oxygen atoms in total. The van der Waals surface area contributed by atoms with Crippen molar-refractivity contribution in [3.8, 4) is 17.2 Å². The summed E-state index contributed by atoms with van der Waals surface area (Å²) in [7, 11) is -3.61. The van der Waals surface area contributed by atoms with Gasteiger partial charge in [-0.1, -0.05) is 18.2 Å². The number of ether oxygens (including phenoxy) is 3. The molecule has 1 atom stereocenters. The van der Waals surface area contributed by atoms with E-state index < -0.39 is 15.6 Å². The number of sulfonamides is 1. The lowest BCUT2D eigenvalue weighted by atomic mass is 10.0. The molecule has 30 heavy (non-hydrogen) atoms. The van der Waals surface area contributed by atoms with Crippen molar-refractivity contribution in [1.29, 1.82) is 0 Å². The normalized spacial score (nSPS) is 25.3. The Morgan fingerprint density at radius 3 is 2.67 bits per heavy atom. The number of fused-ring (bicyclic) bond motifs is 2. The maximum Gasteiger partial charge on any atom is 0.247 e. The first kappa shape index (κ1) is 19.7. The molecule has 2 aromatic carbocycles. The standard InChI is InChI=1S/C22H26N2O5S/c1-16(2)24-14-22(29-19-5-3-4-6-21(19)30(24,25)26)9-10-23(13-22)12-17-7-8-18-20(11-17)28-15-27-18/h3-8,11,16H,9-10,12-15H2,1-2H3/t22-/m0/s1. The second-order valence-electron chi connectivity index (χ2n) is 8.52. The lowest BCUT2D eigenvalue weighted by Crippen LogP contribution is -2.51. The third-order valence-corrected chi connectivity index (χ3v) is 8.08. The van der Waals surface area contributed by atoms with Gasteiger partial charge in [-0.15, -0.1) is 0 Å². The lowest BCUT2D eigenvalue weighted by molar-refractivity contribution is 0.0532. The van der Waals surface area contributed by atoms with Crippen molar-refractivity contribution in [2.24, 2.45) is 0 Å². The maximum atomic E-state index is 13.3. The fourth-order valence-electron chi connectivity index (χ4n) is 4.54. The number of hydrogen-bond acceptors (Lipinski definition) is 6. The predicted molar refractivity (Wildman–Crippen MR) is 111 cm³/mol. The molecule has 3 heterocycles. The summed E-state index contributed by atoms with van der Waals surface area (Å²) in [5, 5.41) is 0. The molecule has 0 radical (unpaired) electrons. The van der Waals surface area contributed by atoms with E-state index in [0.717, 1.165) is 36.6 Å². The van der Waals surface area contributed by atoms with Crippen molar-refractivity contribution < 1.29 is 22.6 Å². The van der Waals surface area contributed by atoms with Crippen LogP contribution in [-0.2, 0) is 16.6 Å². The topological polar surface area (TPSA) is 68.3 Å². The van der Waals surface area contributed by atoms with Gasteiger partial charge in [-0.25, -0.2) is 8.42 Å². The Hall–Kier alpha value is -2.29. The minimum absolute atomic E-state index is 0.149. The van der Waals surface area contributed by atoms with E-state index in [1.165, 1.54) is 0 Å². The average molecular weight is 431 g/mol. The summed E-state index contributed by atoms with van der Waals surface area (Å²) in [5.41, 5.74) is 0.568. The Bertz CT molecular complexity index is 1070. The van der Waals surface area contributed by atoms with Crippen LogP contribution < -0.4 is 14.2 Å². The molecule has 0 aromatic heterocycles. The Kier molecular flexibility index (Phi) is 4.68. The first-order chi connectivity index (χ1) is 14.4. The monoisotopic (exact) mass is 430 g/mol. The molecule has 2 aromatic rings. The second-order valence-corrected chi connectivity index (χ2v) is 10.4. The van der Waals surface area contributed by atoms with Crippen LogP contribution in [-0.4, -0.2) is 55.7 Å². The van der Waals surface area contributed by atoms with E-state index in [2.05, 4.69) is 4.90 Å². The third kappa shape index (κ3) is 3.33. The number of para-hydroxylation sites is 1. The summed E-state index contributed by atoms with van der Waals surface area (Å²) in [4.78, 5) is 2.57. The first-order valence-electron chi connectivity index (χ1n) is 10.3. The lowest BCUT2D eigenvalue weighted by Gasteiger charge is -2.33. The zero-order chi connectivity index (χ0) is 20.9. The molecule has 8 heteroatoms. The number of nitrogens with zero attached hydrogens (tertiary/aromatic N) is 2. The van der Waals surface area contributed by atoms with Crippen LogP contribution in [0.25, 0.3) is 0 Å². The van der Waals surface area contributed by atoms with Crippen LogP contribution in [0.5, 0.6) is 17.2 Å². The third-order valence-electron chi connectivity index (χ3n) is 6.02. The van der Waals surface area contributed by atoms with Gasteiger partial charge in [0.15, 0.2) is 11.5 Å². The summed E-state index contributed by atoms with van der Waals surface area (Å²) < 4.78 is 45.5. The molecule has 0 unspecified atom stereocenters. The summed E-state index contributed by atoms with van der Waals surface area (Å²) in [5.74, 6) is 2.00. The maximum absolute atomic E-state index is 13.3. The Balaban J connectivity index is 1.42. The van der Waals surface area contributed by atoms with E-state index in [4.69, 9.17) is 14.2 Å². The minimum Gasteiger partial charge on any atom is -0.483 e. The molecule has 1 fully saturated rings. The fraction of sp³-hybridized carbons (Fsp3) is 0.455. The van der Waals surface area contributed by atoms with Gasteiger partial charge in [0.2, 0.25) is 16.8 Å². The molecule has 0 bridgehead atoms. The van der Waals surface area contributed by atoms with Crippen molar-refractivity contribution in [1.82, 2.24) is 9.21 Å². The van der Waals surface area contributed by atoms with Crippen LogP contribution in [0.1, 0.15) is 25.8 Å². The van der Waals surface area contributed by atoms with Gasteiger partial charge >= 0.3 is 0 Å². The van der Waals surface area contributed by atoms with Crippen LogP contribution in [0.3, 0.4) is 0 Å². The number of likely N-dealkylation sites (tertiary alicyclic amines) is 1. The molecule has 0 saturated carbocycles. The van der Waals surface area contributed by atoms with Crippen molar-refractivity contribution in [2.75, 3.05) is 26.4 Å². The molecule has 160 valence electrons. The van der Waals surface area contributed by atoms with E-state index in [9.17, 15) is 8.42 Å². The molecule has 0 aliphatic carbocycles. The molecule has 5 rings (SSSR count). The Morgan fingerprint density at radius 1 is 1.03 bits per heavy atom.